The third kappa shape index (κ3) is 4.12. The molecular formula is C21H22N6O2. The Bertz CT molecular complexity index is 1000. The maximum Gasteiger partial charge on any atom is 0.228 e. The number of morpholine rings is 1. The Morgan fingerprint density at radius 1 is 0.966 bits per heavy atom. The summed E-state index contributed by atoms with van der Waals surface area (Å²) in [5, 5.41) is 7.93. The summed E-state index contributed by atoms with van der Waals surface area (Å²) in [6, 6.07) is 17.0. The van der Waals surface area contributed by atoms with Crippen molar-refractivity contribution in [1.82, 2.24) is 9.97 Å². The van der Waals surface area contributed by atoms with E-state index in [1.807, 2.05) is 59.5 Å². The highest BCUT2D eigenvalue weighted by molar-refractivity contribution is 6.04. The largest absolute Gasteiger partial charge is 0.457 e. The highest BCUT2D eigenvalue weighted by Gasteiger charge is 2.21. The van der Waals surface area contributed by atoms with Crippen molar-refractivity contribution in [3.63, 3.8) is 0 Å². The predicted molar refractivity (Wildman–Crippen MR) is 112 cm³/mol. The Hall–Kier alpha value is -3.65. The van der Waals surface area contributed by atoms with Crippen LogP contribution in [-0.2, 0) is 4.74 Å². The highest BCUT2D eigenvalue weighted by Crippen LogP contribution is 2.30. The van der Waals surface area contributed by atoms with Crippen molar-refractivity contribution < 1.29 is 9.47 Å². The molecule has 1 aliphatic heterocycles. The van der Waals surface area contributed by atoms with Crippen molar-refractivity contribution in [2.75, 3.05) is 36.9 Å². The number of aromatic nitrogens is 2. The first kappa shape index (κ1) is 18.7. The lowest BCUT2D eigenvalue weighted by atomic mass is 10.1. The second-order valence-corrected chi connectivity index (χ2v) is 6.59. The number of benzene rings is 2. The van der Waals surface area contributed by atoms with Crippen LogP contribution in [0.3, 0.4) is 0 Å². The van der Waals surface area contributed by atoms with Gasteiger partial charge in [0, 0.05) is 18.7 Å². The van der Waals surface area contributed by atoms with E-state index in [-0.39, 0.29) is 11.7 Å². The molecule has 0 bridgehead atoms. The molecule has 0 aliphatic carbocycles. The number of ether oxygens (including phenoxy) is 2. The van der Waals surface area contributed by atoms with Gasteiger partial charge in [-0.15, -0.1) is 0 Å². The van der Waals surface area contributed by atoms with Gasteiger partial charge in [-0.05, 0) is 36.4 Å². The molecule has 1 fully saturated rings. The molecule has 2 aromatic carbocycles. The third-order valence-corrected chi connectivity index (χ3v) is 4.60. The van der Waals surface area contributed by atoms with Crippen molar-refractivity contribution in [3.05, 3.63) is 60.2 Å². The topological polar surface area (TPSA) is 123 Å². The van der Waals surface area contributed by atoms with E-state index in [0.29, 0.717) is 49.3 Å². The fourth-order valence-corrected chi connectivity index (χ4v) is 3.15. The van der Waals surface area contributed by atoms with Crippen molar-refractivity contribution >= 4 is 17.6 Å². The van der Waals surface area contributed by atoms with E-state index in [1.165, 1.54) is 0 Å². The molecule has 1 aromatic heterocycles. The maximum atomic E-state index is 7.93. The number of anilines is 2. The fraction of sp³-hybridized carbons (Fsp3) is 0.190. The zero-order chi connectivity index (χ0) is 20.2. The van der Waals surface area contributed by atoms with Gasteiger partial charge in [-0.1, -0.05) is 18.2 Å². The van der Waals surface area contributed by atoms with E-state index in [2.05, 4.69) is 9.97 Å². The minimum atomic E-state index is -0.171. The van der Waals surface area contributed by atoms with Crippen LogP contribution in [0.2, 0.25) is 0 Å². The van der Waals surface area contributed by atoms with Gasteiger partial charge in [-0.3, -0.25) is 5.41 Å². The van der Waals surface area contributed by atoms with Gasteiger partial charge in [0.15, 0.2) is 0 Å². The zero-order valence-corrected chi connectivity index (χ0v) is 15.8. The number of amidine groups is 1. The average molecular weight is 390 g/mol. The summed E-state index contributed by atoms with van der Waals surface area (Å²) in [6.45, 7) is 2.58. The van der Waals surface area contributed by atoms with E-state index >= 15 is 0 Å². The van der Waals surface area contributed by atoms with Crippen LogP contribution in [0.4, 0.5) is 11.8 Å². The van der Waals surface area contributed by atoms with Crippen LogP contribution in [0, 0.1) is 5.41 Å². The summed E-state index contributed by atoms with van der Waals surface area (Å²) in [6.07, 6.45) is 0. The molecule has 4 rings (SSSR count). The first-order valence-corrected chi connectivity index (χ1v) is 9.30. The second kappa shape index (κ2) is 8.15. The summed E-state index contributed by atoms with van der Waals surface area (Å²) in [5.74, 6) is 1.98. The van der Waals surface area contributed by atoms with Crippen LogP contribution in [-0.4, -0.2) is 42.1 Å². The molecule has 3 aromatic rings. The van der Waals surface area contributed by atoms with Gasteiger partial charge in [0.2, 0.25) is 5.95 Å². The van der Waals surface area contributed by atoms with E-state index in [4.69, 9.17) is 26.4 Å². The van der Waals surface area contributed by atoms with E-state index in [9.17, 15) is 0 Å². The van der Waals surface area contributed by atoms with Crippen molar-refractivity contribution in [2.24, 2.45) is 5.73 Å². The quantitative estimate of drug-likeness (QED) is 0.452. The number of nitrogens with two attached hydrogens (primary N) is 2. The number of hydrogen-bond acceptors (Lipinski definition) is 7. The van der Waals surface area contributed by atoms with Crippen LogP contribution in [0.15, 0.2) is 54.6 Å². The summed E-state index contributed by atoms with van der Waals surface area (Å²) in [5.41, 5.74) is 13.6. The number of nitrogen functional groups attached to an aromatic ring is 2. The van der Waals surface area contributed by atoms with Gasteiger partial charge in [0.05, 0.1) is 24.5 Å². The molecule has 0 saturated carbocycles. The number of hydrogen-bond donors (Lipinski definition) is 3. The van der Waals surface area contributed by atoms with Crippen LogP contribution >= 0.6 is 0 Å². The molecule has 5 N–H and O–H groups in total. The summed E-state index contributed by atoms with van der Waals surface area (Å²) >= 11 is 0. The van der Waals surface area contributed by atoms with Crippen LogP contribution in [0.5, 0.6) is 11.5 Å². The number of nitrogens with one attached hydrogen (secondary N) is 1. The molecule has 8 nitrogen and oxygen atoms in total. The molecule has 0 unspecified atom stereocenters. The zero-order valence-electron chi connectivity index (χ0n) is 15.8. The van der Waals surface area contributed by atoms with Crippen LogP contribution in [0.25, 0.3) is 11.3 Å². The van der Waals surface area contributed by atoms with Gasteiger partial charge in [-0.2, -0.15) is 4.98 Å². The summed E-state index contributed by atoms with van der Waals surface area (Å²) in [4.78, 5) is 11.1. The van der Waals surface area contributed by atoms with Crippen molar-refractivity contribution in [3.8, 4) is 22.8 Å². The van der Waals surface area contributed by atoms with Gasteiger partial charge < -0.3 is 25.8 Å². The smallest absolute Gasteiger partial charge is 0.228 e. The van der Waals surface area contributed by atoms with Crippen molar-refractivity contribution in [1.29, 1.82) is 5.41 Å². The number of rotatable bonds is 5. The predicted octanol–water partition coefficient (Wildman–Crippen LogP) is 2.64. The minimum Gasteiger partial charge on any atom is -0.457 e. The van der Waals surface area contributed by atoms with Gasteiger partial charge in [-0.25, -0.2) is 4.98 Å². The minimum absolute atomic E-state index is 0.171. The third-order valence-electron chi connectivity index (χ3n) is 4.60. The molecule has 0 spiro atoms. The van der Waals surface area contributed by atoms with Gasteiger partial charge in [0.25, 0.3) is 0 Å². The van der Waals surface area contributed by atoms with E-state index < -0.39 is 0 Å². The molecule has 2 heterocycles. The Balaban J connectivity index is 1.68. The molecule has 1 aliphatic rings. The first-order chi connectivity index (χ1) is 14.1. The lowest BCUT2D eigenvalue weighted by Crippen LogP contribution is -2.37. The van der Waals surface area contributed by atoms with Gasteiger partial charge in [0.1, 0.15) is 23.2 Å². The molecule has 1 saturated heterocycles. The molecule has 0 amide bonds. The fourth-order valence-electron chi connectivity index (χ4n) is 3.15. The molecule has 148 valence electrons. The van der Waals surface area contributed by atoms with Gasteiger partial charge >= 0.3 is 0 Å². The van der Waals surface area contributed by atoms with Crippen LogP contribution in [0.1, 0.15) is 5.56 Å². The Labute approximate surface area is 168 Å². The average Bonchev–Trinajstić information content (AvgIpc) is 2.75. The Morgan fingerprint density at radius 3 is 2.28 bits per heavy atom. The van der Waals surface area contributed by atoms with E-state index in [0.717, 1.165) is 11.3 Å². The Morgan fingerprint density at radius 2 is 1.62 bits per heavy atom. The normalized spacial score (nSPS) is 13.9. The number of nitrogens with zero attached hydrogens (tertiary/aromatic N) is 3. The summed E-state index contributed by atoms with van der Waals surface area (Å²) < 4.78 is 11.2. The molecule has 29 heavy (non-hydrogen) atoms. The SMILES string of the molecule is N=C(N)c1c(N)nc(N2CCOCC2)nc1-c1ccc(Oc2ccccc2)cc1. The molecule has 0 radical (unpaired) electrons. The first-order valence-electron chi connectivity index (χ1n) is 9.30. The molecule has 0 atom stereocenters. The van der Waals surface area contributed by atoms with Crippen molar-refractivity contribution in [2.45, 2.75) is 0 Å². The van der Waals surface area contributed by atoms with E-state index in [1.54, 1.807) is 0 Å². The summed E-state index contributed by atoms with van der Waals surface area (Å²) in [7, 11) is 0. The number of para-hydroxylation sites is 1. The molecular weight excluding hydrogens is 368 g/mol. The molecule has 8 heteroatoms. The van der Waals surface area contributed by atoms with Crippen LogP contribution < -0.4 is 21.1 Å². The Kier molecular flexibility index (Phi) is 5.26. The lowest BCUT2D eigenvalue weighted by molar-refractivity contribution is 0.122. The lowest BCUT2D eigenvalue weighted by Gasteiger charge is -2.27. The monoisotopic (exact) mass is 390 g/mol. The maximum absolute atomic E-state index is 7.93. The second-order valence-electron chi connectivity index (χ2n) is 6.59. The highest BCUT2D eigenvalue weighted by atomic mass is 16.5. The standard InChI is InChI=1S/C21H22N6O2/c22-19(23)17-18(25-21(26-20(17)24)27-10-12-28-13-11-27)14-6-8-16(9-7-14)29-15-4-2-1-3-5-15/h1-9H,10-13H2,(H3,22,23)(H2,24,25,26).